The van der Waals surface area contributed by atoms with Crippen LogP contribution in [0.2, 0.25) is 0 Å². The van der Waals surface area contributed by atoms with Gasteiger partial charge in [-0.05, 0) is 29.8 Å². The molecule has 0 bridgehead atoms. The van der Waals surface area contributed by atoms with Gasteiger partial charge in [0, 0.05) is 10.0 Å². The van der Waals surface area contributed by atoms with Gasteiger partial charge in [-0.3, -0.25) is 0 Å². The van der Waals surface area contributed by atoms with Crippen LogP contribution < -0.4 is 4.74 Å². The van der Waals surface area contributed by atoms with Gasteiger partial charge in [-0.15, -0.1) is 0 Å². The summed E-state index contributed by atoms with van der Waals surface area (Å²) in [5, 5.41) is 10.3. The highest BCUT2D eigenvalue weighted by molar-refractivity contribution is 9.10. The summed E-state index contributed by atoms with van der Waals surface area (Å²) in [7, 11) is 1.41. The van der Waals surface area contributed by atoms with Gasteiger partial charge in [-0.2, -0.15) is 13.2 Å². The van der Waals surface area contributed by atoms with E-state index < -0.39 is 29.2 Å². The van der Waals surface area contributed by atoms with Gasteiger partial charge in [0.15, 0.2) is 0 Å². The minimum atomic E-state index is -4.84. The molecule has 1 atom stereocenters. The average Bonchev–Trinajstić information content (AvgIpc) is 2.45. The van der Waals surface area contributed by atoms with Crippen LogP contribution in [0.1, 0.15) is 22.8 Å². The highest BCUT2D eigenvalue weighted by atomic mass is 79.9. The second-order valence-electron chi connectivity index (χ2n) is 4.50. The van der Waals surface area contributed by atoms with Gasteiger partial charge in [-0.25, -0.2) is 4.39 Å². The minimum absolute atomic E-state index is 0.0494. The Hall–Kier alpha value is -1.60. The van der Waals surface area contributed by atoms with Gasteiger partial charge in [0.1, 0.15) is 17.7 Å². The Morgan fingerprint density at radius 3 is 2.45 bits per heavy atom. The maximum absolute atomic E-state index is 14.2. The van der Waals surface area contributed by atoms with Crippen LogP contribution in [0, 0.1) is 5.82 Å². The van der Waals surface area contributed by atoms with E-state index in [0.717, 1.165) is 6.07 Å². The Morgan fingerprint density at radius 2 is 1.86 bits per heavy atom. The van der Waals surface area contributed by atoms with Crippen LogP contribution in [0.15, 0.2) is 40.9 Å². The van der Waals surface area contributed by atoms with Gasteiger partial charge in [0.25, 0.3) is 0 Å². The van der Waals surface area contributed by atoms with E-state index in [1.807, 2.05) is 0 Å². The third-order valence-electron chi connectivity index (χ3n) is 3.11. The van der Waals surface area contributed by atoms with Gasteiger partial charge >= 0.3 is 6.18 Å². The summed E-state index contributed by atoms with van der Waals surface area (Å²) in [4.78, 5) is 0. The summed E-state index contributed by atoms with van der Waals surface area (Å²) >= 11 is 2.98. The van der Waals surface area contributed by atoms with Crippen molar-refractivity contribution in [2.45, 2.75) is 12.3 Å². The lowest BCUT2D eigenvalue weighted by Gasteiger charge is -2.18. The Kier molecular flexibility index (Phi) is 4.77. The van der Waals surface area contributed by atoms with Gasteiger partial charge in [0.05, 0.1) is 12.7 Å². The summed E-state index contributed by atoms with van der Waals surface area (Å²) < 4.78 is 57.6. The van der Waals surface area contributed by atoms with Crippen molar-refractivity contribution in [2.75, 3.05) is 7.11 Å². The molecule has 0 aliphatic carbocycles. The summed E-state index contributed by atoms with van der Waals surface area (Å²) in [5.41, 5.74) is -1.67. The number of alkyl halides is 3. The molecule has 0 saturated carbocycles. The van der Waals surface area contributed by atoms with Crippen molar-refractivity contribution in [2.24, 2.45) is 0 Å². The van der Waals surface area contributed by atoms with E-state index in [4.69, 9.17) is 4.74 Å². The molecule has 1 unspecified atom stereocenters. The fraction of sp³-hybridized carbons (Fsp3) is 0.200. The van der Waals surface area contributed by atoms with Crippen molar-refractivity contribution < 1.29 is 27.4 Å². The normalized spacial score (nSPS) is 13.0. The first-order chi connectivity index (χ1) is 10.3. The Labute approximate surface area is 132 Å². The zero-order valence-electron chi connectivity index (χ0n) is 11.3. The zero-order valence-corrected chi connectivity index (χ0v) is 12.9. The molecule has 2 nitrogen and oxygen atoms in total. The van der Waals surface area contributed by atoms with E-state index >= 15 is 0 Å². The number of benzene rings is 2. The van der Waals surface area contributed by atoms with Gasteiger partial charge in [-0.1, -0.05) is 28.1 Å². The molecule has 0 radical (unpaired) electrons. The molecule has 2 aromatic rings. The van der Waals surface area contributed by atoms with E-state index in [-0.39, 0.29) is 10.0 Å². The molecule has 0 fully saturated rings. The number of aliphatic hydroxyl groups excluding tert-OH is 1. The fourth-order valence-corrected chi connectivity index (χ4v) is 2.54. The maximum atomic E-state index is 14.2. The number of aliphatic hydroxyl groups is 1. The molecule has 2 rings (SSSR count). The van der Waals surface area contributed by atoms with Crippen LogP contribution in [-0.2, 0) is 6.18 Å². The molecule has 0 heterocycles. The number of hydrogen-bond donors (Lipinski definition) is 1. The molecular formula is C15H11BrF4O2. The first-order valence-electron chi connectivity index (χ1n) is 6.12. The van der Waals surface area contributed by atoms with E-state index in [0.29, 0.717) is 11.8 Å². The van der Waals surface area contributed by atoms with Crippen LogP contribution in [-0.4, -0.2) is 12.2 Å². The maximum Gasteiger partial charge on any atom is 0.419 e. The summed E-state index contributed by atoms with van der Waals surface area (Å²) in [6.45, 7) is 0. The molecule has 7 heteroatoms. The Morgan fingerprint density at radius 1 is 1.18 bits per heavy atom. The molecule has 2 aromatic carbocycles. The van der Waals surface area contributed by atoms with Crippen molar-refractivity contribution >= 4 is 15.9 Å². The molecule has 0 spiro atoms. The van der Waals surface area contributed by atoms with E-state index in [1.165, 1.54) is 19.2 Å². The Balaban J connectivity index is 2.55. The highest BCUT2D eigenvalue weighted by Gasteiger charge is 2.36. The third kappa shape index (κ3) is 3.25. The average molecular weight is 379 g/mol. The standard InChI is InChI=1S/C15H11BrF4O2/c1-22-9-4-2-3-8(7-9)14(21)12-11(16)6-5-10(13(12)17)15(18,19)20/h2-7,14,21H,1H3. The molecule has 0 aliphatic rings. The lowest BCUT2D eigenvalue weighted by molar-refractivity contribution is -0.140. The van der Waals surface area contributed by atoms with Crippen molar-refractivity contribution in [3.63, 3.8) is 0 Å². The van der Waals surface area contributed by atoms with Gasteiger partial charge in [0.2, 0.25) is 0 Å². The molecule has 22 heavy (non-hydrogen) atoms. The Bertz CT molecular complexity index is 686. The number of rotatable bonds is 3. The lowest BCUT2D eigenvalue weighted by Crippen LogP contribution is -2.13. The van der Waals surface area contributed by atoms with Crippen molar-refractivity contribution in [1.29, 1.82) is 0 Å². The zero-order chi connectivity index (χ0) is 16.5. The predicted molar refractivity (Wildman–Crippen MR) is 76.2 cm³/mol. The van der Waals surface area contributed by atoms with Crippen LogP contribution in [0.25, 0.3) is 0 Å². The van der Waals surface area contributed by atoms with E-state index in [9.17, 15) is 22.7 Å². The quantitative estimate of drug-likeness (QED) is 0.784. The second kappa shape index (κ2) is 6.26. The fourth-order valence-electron chi connectivity index (χ4n) is 2.02. The van der Waals surface area contributed by atoms with Crippen LogP contribution in [0.3, 0.4) is 0 Å². The van der Waals surface area contributed by atoms with E-state index in [1.54, 1.807) is 12.1 Å². The minimum Gasteiger partial charge on any atom is -0.497 e. The molecule has 0 aromatic heterocycles. The van der Waals surface area contributed by atoms with Crippen LogP contribution in [0.5, 0.6) is 5.75 Å². The molecule has 0 saturated heterocycles. The topological polar surface area (TPSA) is 29.5 Å². The predicted octanol–water partition coefficient (Wildman–Crippen LogP) is 4.70. The highest BCUT2D eigenvalue weighted by Crippen LogP contribution is 2.39. The van der Waals surface area contributed by atoms with E-state index in [2.05, 4.69) is 15.9 Å². The van der Waals surface area contributed by atoms with Gasteiger partial charge < -0.3 is 9.84 Å². The summed E-state index contributed by atoms with van der Waals surface area (Å²) in [6.07, 6.45) is -6.40. The molecule has 1 N–H and O–H groups in total. The molecule has 0 amide bonds. The molecule has 118 valence electrons. The summed E-state index contributed by atoms with van der Waals surface area (Å²) in [6, 6.07) is 7.74. The number of methoxy groups -OCH3 is 1. The van der Waals surface area contributed by atoms with Crippen molar-refractivity contribution in [3.05, 3.63) is 63.4 Å². The lowest BCUT2D eigenvalue weighted by atomic mass is 9.98. The number of hydrogen-bond acceptors (Lipinski definition) is 2. The number of halogens is 5. The monoisotopic (exact) mass is 378 g/mol. The largest absolute Gasteiger partial charge is 0.497 e. The first-order valence-corrected chi connectivity index (χ1v) is 6.92. The van der Waals surface area contributed by atoms with Crippen molar-refractivity contribution in [3.8, 4) is 5.75 Å². The number of ether oxygens (including phenoxy) is 1. The smallest absolute Gasteiger partial charge is 0.419 e. The SMILES string of the molecule is COc1cccc(C(O)c2c(Br)ccc(C(F)(F)F)c2F)c1. The molecule has 0 aliphatic heterocycles. The second-order valence-corrected chi connectivity index (χ2v) is 5.35. The third-order valence-corrected chi connectivity index (χ3v) is 3.81. The van der Waals surface area contributed by atoms with Crippen LogP contribution in [0.4, 0.5) is 17.6 Å². The van der Waals surface area contributed by atoms with Crippen LogP contribution >= 0.6 is 15.9 Å². The first kappa shape index (κ1) is 16.8. The summed E-state index contributed by atoms with van der Waals surface area (Å²) in [5.74, 6) is -1.10. The van der Waals surface area contributed by atoms with Crippen molar-refractivity contribution in [1.82, 2.24) is 0 Å². The molecular weight excluding hydrogens is 368 g/mol.